The molecule has 1 aromatic carbocycles. The highest BCUT2D eigenvalue weighted by molar-refractivity contribution is 7.14. The van der Waals surface area contributed by atoms with E-state index in [2.05, 4.69) is 16.3 Å². The average molecular weight is 371 g/mol. The quantitative estimate of drug-likeness (QED) is 0.842. The molecule has 5 heteroatoms. The van der Waals surface area contributed by atoms with Crippen LogP contribution in [-0.4, -0.2) is 24.0 Å². The minimum atomic E-state index is -0.0275. The van der Waals surface area contributed by atoms with Crippen molar-refractivity contribution in [2.75, 3.05) is 7.11 Å². The zero-order chi connectivity index (χ0) is 18.1. The van der Waals surface area contributed by atoms with Crippen LogP contribution in [-0.2, 0) is 13.1 Å². The van der Waals surface area contributed by atoms with Gasteiger partial charge in [0.05, 0.1) is 18.0 Å². The monoisotopic (exact) mass is 370 g/mol. The topological polar surface area (TPSA) is 41.6 Å². The summed E-state index contributed by atoms with van der Waals surface area (Å²) in [4.78, 5) is 17.5. The maximum absolute atomic E-state index is 12.7. The van der Waals surface area contributed by atoms with E-state index in [1.165, 1.54) is 36.1 Å². The third-order valence-corrected chi connectivity index (χ3v) is 6.81. The number of carbonyl (C=O) groups is 1. The van der Waals surface area contributed by atoms with Crippen molar-refractivity contribution in [2.24, 2.45) is 0 Å². The molecule has 0 unspecified atom stereocenters. The summed E-state index contributed by atoms with van der Waals surface area (Å²) in [6.07, 6.45) is 5.40. The number of hydrogen-bond donors (Lipinski definition) is 1. The molecule has 1 amide bonds. The van der Waals surface area contributed by atoms with Crippen LogP contribution in [0.3, 0.4) is 0 Å². The average Bonchev–Trinajstić information content (AvgIpc) is 3.36. The van der Waals surface area contributed by atoms with Gasteiger partial charge in [0.1, 0.15) is 5.75 Å². The first-order valence-corrected chi connectivity index (χ1v) is 10.3. The molecule has 2 aromatic rings. The highest BCUT2D eigenvalue weighted by Crippen LogP contribution is 2.36. The molecule has 1 aliphatic heterocycles. The van der Waals surface area contributed by atoms with Gasteiger partial charge in [0.25, 0.3) is 5.91 Å². The first-order valence-electron chi connectivity index (χ1n) is 9.44. The predicted molar refractivity (Wildman–Crippen MR) is 105 cm³/mol. The smallest absolute Gasteiger partial charge is 0.261 e. The fraction of sp³-hybridized carbons (Fsp3) is 0.476. The van der Waals surface area contributed by atoms with Gasteiger partial charge < -0.3 is 10.1 Å². The number of amides is 1. The standard InChI is InChI=1S/C21H26N2O2S/c1-14(15-7-9-18(25-2)10-8-15)22-21(24)19-11-16-12-23(13-20(16)26-19)17-5-3-4-6-17/h7-11,14,17H,3-6,12-13H2,1-2H3,(H,22,24)/t14-/m0/s1. The molecule has 138 valence electrons. The highest BCUT2D eigenvalue weighted by Gasteiger charge is 2.30. The predicted octanol–water partition coefficient (Wildman–Crippen LogP) is 4.51. The Balaban J connectivity index is 1.38. The lowest BCUT2D eigenvalue weighted by Gasteiger charge is -2.22. The van der Waals surface area contributed by atoms with Crippen LogP contribution in [0.5, 0.6) is 5.75 Å². The summed E-state index contributed by atoms with van der Waals surface area (Å²) >= 11 is 1.66. The molecule has 26 heavy (non-hydrogen) atoms. The van der Waals surface area contributed by atoms with E-state index in [1.54, 1.807) is 18.4 Å². The number of ether oxygens (including phenoxy) is 1. The van der Waals surface area contributed by atoms with E-state index in [1.807, 2.05) is 31.2 Å². The van der Waals surface area contributed by atoms with Crippen LogP contribution in [0, 0.1) is 0 Å². The fourth-order valence-electron chi connectivity index (χ4n) is 4.08. The number of fused-ring (bicyclic) bond motifs is 1. The molecule has 1 fully saturated rings. The second-order valence-electron chi connectivity index (χ2n) is 7.37. The van der Waals surface area contributed by atoms with E-state index in [0.29, 0.717) is 0 Å². The number of nitrogens with one attached hydrogen (secondary N) is 1. The Bertz CT molecular complexity index is 754. The van der Waals surface area contributed by atoms with E-state index in [0.717, 1.165) is 35.3 Å². The highest BCUT2D eigenvalue weighted by atomic mass is 32.1. The number of methoxy groups -OCH3 is 1. The molecule has 1 atom stereocenters. The van der Waals surface area contributed by atoms with Crippen LogP contribution in [0.4, 0.5) is 0 Å². The lowest BCUT2D eigenvalue weighted by Crippen LogP contribution is -2.28. The van der Waals surface area contributed by atoms with Gasteiger partial charge in [0.15, 0.2) is 0 Å². The molecule has 2 heterocycles. The maximum Gasteiger partial charge on any atom is 0.261 e. The van der Waals surface area contributed by atoms with Crippen LogP contribution in [0.15, 0.2) is 30.3 Å². The Labute approximate surface area is 159 Å². The van der Waals surface area contributed by atoms with Gasteiger partial charge in [-0.25, -0.2) is 0 Å². The number of hydrogen-bond acceptors (Lipinski definition) is 4. The van der Waals surface area contributed by atoms with Crippen molar-refractivity contribution in [1.82, 2.24) is 10.2 Å². The Morgan fingerprint density at radius 1 is 1.23 bits per heavy atom. The lowest BCUT2D eigenvalue weighted by atomic mass is 10.1. The molecule has 2 aliphatic rings. The zero-order valence-corrected chi connectivity index (χ0v) is 16.3. The van der Waals surface area contributed by atoms with Gasteiger partial charge in [-0.2, -0.15) is 0 Å². The van der Waals surface area contributed by atoms with Crippen molar-refractivity contribution in [3.63, 3.8) is 0 Å². The van der Waals surface area contributed by atoms with Crippen LogP contribution in [0.1, 0.15) is 64.3 Å². The third kappa shape index (κ3) is 3.51. The molecule has 0 saturated heterocycles. The SMILES string of the molecule is COc1ccc([C@H](C)NC(=O)c2cc3c(s2)CN(C2CCCC2)C3)cc1. The Kier molecular flexibility index (Phi) is 5.00. The normalized spacial score (nSPS) is 18.7. The van der Waals surface area contributed by atoms with E-state index in [-0.39, 0.29) is 11.9 Å². The molecule has 1 saturated carbocycles. The summed E-state index contributed by atoms with van der Waals surface area (Å²) < 4.78 is 5.19. The largest absolute Gasteiger partial charge is 0.497 e. The first-order chi connectivity index (χ1) is 12.6. The van der Waals surface area contributed by atoms with Gasteiger partial charge >= 0.3 is 0 Å². The van der Waals surface area contributed by atoms with E-state index < -0.39 is 0 Å². The van der Waals surface area contributed by atoms with Crippen molar-refractivity contribution in [2.45, 2.75) is 57.8 Å². The maximum atomic E-state index is 12.7. The molecule has 4 rings (SSSR count). The molecule has 1 aromatic heterocycles. The summed E-state index contributed by atoms with van der Waals surface area (Å²) in [6, 6.07) is 10.7. The Hall–Kier alpha value is -1.85. The van der Waals surface area contributed by atoms with Gasteiger partial charge in [-0.3, -0.25) is 9.69 Å². The van der Waals surface area contributed by atoms with E-state index in [4.69, 9.17) is 4.74 Å². The lowest BCUT2D eigenvalue weighted by molar-refractivity contribution is 0.0944. The first kappa shape index (κ1) is 17.6. The summed E-state index contributed by atoms with van der Waals surface area (Å²) in [5.74, 6) is 0.855. The van der Waals surface area contributed by atoms with Gasteiger partial charge in [-0.15, -0.1) is 11.3 Å². The molecule has 1 N–H and O–H groups in total. The van der Waals surface area contributed by atoms with Crippen molar-refractivity contribution in [3.8, 4) is 5.75 Å². The summed E-state index contributed by atoms with van der Waals surface area (Å²) in [6.45, 7) is 4.05. The summed E-state index contributed by atoms with van der Waals surface area (Å²) in [7, 11) is 1.66. The van der Waals surface area contributed by atoms with Crippen LogP contribution < -0.4 is 10.1 Å². The molecular weight excluding hydrogens is 344 g/mol. The van der Waals surface area contributed by atoms with Crippen molar-refractivity contribution in [1.29, 1.82) is 0 Å². The fourth-order valence-corrected chi connectivity index (χ4v) is 5.18. The molecule has 0 spiro atoms. The van der Waals surface area contributed by atoms with E-state index in [9.17, 15) is 4.79 Å². The van der Waals surface area contributed by atoms with Gasteiger partial charge in [0, 0.05) is 24.0 Å². The van der Waals surface area contributed by atoms with Gasteiger partial charge in [-0.05, 0) is 49.1 Å². The molecule has 4 nitrogen and oxygen atoms in total. The molecule has 0 bridgehead atoms. The number of thiophene rings is 1. The Morgan fingerprint density at radius 2 is 1.96 bits per heavy atom. The van der Waals surface area contributed by atoms with Gasteiger partial charge in [-0.1, -0.05) is 25.0 Å². The Morgan fingerprint density at radius 3 is 2.62 bits per heavy atom. The van der Waals surface area contributed by atoms with Crippen molar-refractivity contribution >= 4 is 17.2 Å². The molecular formula is C21H26N2O2S. The number of carbonyl (C=O) groups excluding carboxylic acids is 1. The molecule has 1 aliphatic carbocycles. The number of benzene rings is 1. The summed E-state index contributed by atoms with van der Waals surface area (Å²) in [5.41, 5.74) is 2.43. The minimum Gasteiger partial charge on any atom is -0.497 e. The third-order valence-electron chi connectivity index (χ3n) is 5.65. The van der Waals surface area contributed by atoms with Crippen LogP contribution in [0.2, 0.25) is 0 Å². The van der Waals surface area contributed by atoms with Crippen LogP contribution >= 0.6 is 11.3 Å². The van der Waals surface area contributed by atoms with E-state index >= 15 is 0 Å². The second-order valence-corrected chi connectivity index (χ2v) is 8.51. The second kappa shape index (κ2) is 7.41. The number of rotatable bonds is 5. The summed E-state index contributed by atoms with van der Waals surface area (Å²) in [5, 5.41) is 3.12. The van der Waals surface area contributed by atoms with Crippen molar-refractivity contribution < 1.29 is 9.53 Å². The van der Waals surface area contributed by atoms with Gasteiger partial charge in [0.2, 0.25) is 0 Å². The van der Waals surface area contributed by atoms with Crippen LogP contribution in [0.25, 0.3) is 0 Å². The number of nitrogens with zero attached hydrogens (tertiary/aromatic N) is 1. The zero-order valence-electron chi connectivity index (χ0n) is 15.5. The minimum absolute atomic E-state index is 0.0275. The van der Waals surface area contributed by atoms with Crippen molar-refractivity contribution in [3.05, 3.63) is 51.2 Å². The molecule has 0 radical (unpaired) electrons.